The molecule has 0 saturated heterocycles. The Morgan fingerprint density at radius 1 is 0.478 bits per heavy atom. The first-order chi connectivity index (χ1) is 22.8. The van der Waals surface area contributed by atoms with E-state index in [1.54, 1.807) is 6.20 Å². The van der Waals surface area contributed by atoms with E-state index in [4.69, 9.17) is 24.9 Å². The third-order valence-corrected chi connectivity index (χ3v) is 8.10. The zero-order chi connectivity index (χ0) is 30.7. The lowest BCUT2D eigenvalue weighted by molar-refractivity contribution is 0.754. The summed E-state index contributed by atoms with van der Waals surface area (Å²) in [6, 6.07) is 49.0. The van der Waals surface area contributed by atoms with Gasteiger partial charge in [-0.05, 0) is 41.5 Å². The van der Waals surface area contributed by atoms with Gasteiger partial charge in [-0.2, -0.15) is 0 Å². The molecule has 1 aliphatic rings. The van der Waals surface area contributed by atoms with Crippen LogP contribution in [0.4, 0.5) is 0 Å². The van der Waals surface area contributed by atoms with Crippen LogP contribution in [-0.4, -0.2) is 31.5 Å². The number of benzene rings is 5. The lowest BCUT2D eigenvalue weighted by atomic mass is 9.94. The molecular formula is C40H28N6. The Bertz CT molecular complexity index is 2230. The van der Waals surface area contributed by atoms with Crippen molar-refractivity contribution in [3.8, 4) is 34.2 Å². The summed E-state index contributed by atoms with van der Waals surface area (Å²) in [7, 11) is 0. The molecule has 6 heteroatoms. The second-order valence-electron chi connectivity index (χ2n) is 11.2. The Hall–Kier alpha value is -6.14. The number of nitrogens with zero attached hydrogens (tertiary/aromatic N) is 6. The van der Waals surface area contributed by atoms with E-state index in [1.165, 1.54) is 0 Å². The molecule has 0 saturated carbocycles. The fraction of sp³-hybridized carbons (Fsp3) is 0.0500. The number of hydrogen-bond donors (Lipinski definition) is 0. The Balaban J connectivity index is 1.23. The van der Waals surface area contributed by atoms with E-state index >= 15 is 0 Å². The first-order valence-electron chi connectivity index (χ1n) is 15.3. The van der Waals surface area contributed by atoms with E-state index in [-0.39, 0.29) is 6.04 Å². The highest BCUT2D eigenvalue weighted by Crippen LogP contribution is 2.32. The molecule has 1 atom stereocenters. The van der Waals surface area contributed by atoms with E-state index in [1.807, 2.05) is 72.8 Å². The van der Waals surface area contributed by atoms with Crippen molar-refractivity contribution in [2.75, 3.05) is 0 Å². The molecule has 6 nitrogen and oxygen atoms in total. The summed E-state index contributed by atoms with van der Waals surface area (Å²) in [5.74, 6) is 2.58. The van der Waals surface area contributed by atoms with E-state index in [9.17, 15) is 0 Å². The van der Waals surface area contributed by atoms with Crippen LogP contribution in [0.15, 0.2) is 162 Å². The molecule has 0 fully saturated rings. The molecule has 0 bridgehead atoms. The summed E-state index contributed by atoms with van der Waals surface area (Å²) in [6.45, 7) is 0. The number of pyridine rings is 1. The third kappa shape index (κ3) is 5.60. The standard InChI is InChI=1S/C40H28N6/c1-4-12-27(13-5-1)35-26-36(43-37(42-35)28-14-6-2-7-15-28)31-18-10-19-32(25-31)39-44-38(29-16-8-3-9-17-29)45-40(46-39)33-21-22-34-30(24-33)20-11-23-41-34/h1-25,36H,26H2. The highest BCUT2D eigenvalue weighted by molar-refractivity contribution is 6.14. The summed E-state index contributed by atoms with van der Waals surface area (Å²) >= 11 is 0. The largest absolute Gasteiger partial charge is 0.258 e. The van der Waals surface area contributed by atoms with Gasteiger partial charge in [0, 0.05) is 40.3 Å². The minimum absolute atomic E-state index is 0.120. The van der Waals surface area contributed by atoms with Gasteiger partial charge in [-0.3, -0.25) is 9.98 Å². The highest BCUT2D eigenvalue weighted by Gasteiger charge is 2.23. The smallest absolute Gasteiger partial charge is 0.164 e. The summed E-state index contributed by atoms with van der Waals surface area (Å²) in [6.07, 6.45) is 2.49. The van der Waals surface area contributed by atoms with Crippen molar-refractivity contribution in [3.05, 3.63) is 168 Å². The molecule has 8 rings (SSSR count). The molecule has 0 amide bonds. The van der Waals surface area contributed by atoms with Crippen molar-refractivity contribution in [1.82, 2.24) is 19.9 Å². The van der Waals surface area contributed by atoms with Crippen molar-refractivity contribution in [2.24, 2.45) is 9.98 Å². The predicted octanol–water partition coefficient (Wildman–Crippen LogP) is 8.80. The Morgan fingerprint density at radius 3 is 1.80 bits per heavy atom. The van der Waals surface area contributed by atoms with Gasteiger partial charge < -0.3 is 0 Å². The SMILES string of the molecule is c1ccc(C2=NC(c3ccccc3)=NC(c3cccc(-c4nc(-c5ccccc5)nc(-c5ccc6ncccc6c5)n4)c3)C2)cc1. The molecule has 218 valence electrons. The first-order valence-corrected chi connectivity index (χ1v) is 15.3. The molecular weight excluding hydrogens is 564 g/mol. The van der Waals surface area contributed by atoms with Gasteiger partial charge in [0.15, 0.2) is 23.3 Å². The van der Waals surface area contributed by atoms with Crippen LogP contribution in [0.3, 0.4) is 0 Å². The number of amidine groups is 1. The molecule has 46 heavy (non-hydrogen) atoms. The average molecular weight is 593 g/mol. The van der Waals surface area contributed by atoms with E-state index in [0.717, 1.165) is 55.8 Å². The molecule has 0 aliphatic carbocycles. The van der Waals surface area contributed by atoms with Crippen LogP contribution in [0.25, 0.3) is 45.1 Å². The van der Waals surface area contributed by atoms with Gasteiger partial charge in [0.1, 0.15) is 0 Å². The van der Waals surface area contributed by atoms with Gasteiger partial charge in [0.05, 0.1) is 17.3 Å². The Morgan fingerprint density at radius 2 is 1.09 bits per heavy atom. The van der Waals surface area contributed by atoms with E-state index < -0.39 is 0 Å². The molecule has 0 N–H and O–H groups in total. The van der Waals surface area contributed by atoms with Crippen molar-refractivity contribution in [1.29, 1.82) is 0 Å². The van der Waals surface area contributed by atoms with Crippen LogP contribution in [0.2, 0.25) is 0 Å². The maximum atomic E-state index is 5.16. The first kappa shape index (κ1) is 27.4. The van der Waals surface area contributed by atoms with Crippen molar-refractivity contribution < 1.29 is 0 Å². The maximum absolute atomic E-state index is 5.16. The number of aromatic nitrogens is 4. The van der Waals surface area contributed by atoms with E-state index in [0.29, 0.717) is 23.9 Å². The minimum Gasteiger partial charge on any atom is -0.258 e. The lowest BCUT2D eigenvalue weighted by Crippen LogP contribution is -2.17. The normalized spacial score (nSPS) is 14.5. The van der Waals surface area contributed by atoms with Gasteiger partial charge in [0.25, 0.3) is 0 Å². The van der Waals surface area contributed by atoms with Crippen molar-refractivity contribution in [2.45, 2.75) is 12.5 Å². The van der Waals surface area contributed by atoms with Crippen molar-refractivity contribution in [3.63, 3.8) is 0 Å². The Kier molecular flexibility index (Phi) is 7.21. The maximum Gasteiger partial charge on any atom is 0.164 e. The topological polar surface area (TPSA) is 76.3 Å². The minimum atomic E-state index is -0.120. The van der Waals surface area contributed by atoms with Crippen LogP contribution in [0.5, 0.6) is 0 Å². The average Bonchev–Trinajstić information content (AvgIpc) is 3.15. The zero-order valence-electron chi connectivity index (χ0n) is 24.9. The van der Waals surface area contributed by atoms with Crippen LogP contribution >= 0.6 is 0 Å². The Labute approximate surface area is 267 Å². The quantitative estimate of drug-likeness (QED) is 0.193. The van der Waals surface area contributed by atoms with Crippen LogP contribution in [-0.2, 0) is 0 Å². The van der Waals surface area contributed by atoms with Gasteiger partial charge in [0.2, 0.25) is 0 Å². The molecule has 0 radical (unpaired) electrons. The van der Waals surface area contributed by atoms with Crippen molar-refractivity contribution >= 4 is 22.5 Å². The number of hydrogen-bond acceptors (Lipinski definition) is 6. The van der Waals surface area contributed by atoms with E-state index in [2.05, 4.69) is 77.8 Å². The predicted molar refractivity (Wildman–Crippen MR) is 185 cm³/mol. The fourth-order valence-electron chi connectivity index (χ4n) is 5.76. The number of fused-ring (bicyclic) bond motifs is 1. The summed E-state index contributed by atoms with van der Waals surface area (Å²) in [5, 5.41) is 1.03. The second kappa shape index (κ2) is 12.1. The summed E-state index contributed by atoms with van der Waals surface area (Å²) < 4.78 is 0. The zero-order valence-corrected chi connectivity index (χ0v) is 24.9. The van der Waals surface area contributed by atoms with Crippen LogP contribution in [0.1, 0.15) is 29.2 Å². The molecule has 0 spiro atoms. The lowest BCUT2D eigenvalue weighted by Gasteiger charge is -2.22. The third-order valence-electron chi connectivity index (χ3n) is 8.10. The molecule has 1 aliphatic heterocycles. The van der Waals surface area contributed by atoms with Crippen LogP contribution in [0, 0.1) is 0 Å². The molecule has 3 heterocycles. The molecule has 5 aromatic carbocycles. The second-order valence-corrected chi connectivity index (χ2v) is 11.2. The van der Waals surface area contributed by atoms with Crippen LogP contribution < -0.4 is 0 Å². The monoisotopic (exact) mass is 592 g/mol. The molecule has 7 aromatic rings. The summed E-state index contributed by atoms with van der Waals surface area (Å²) in [4.78, 5) is 29.6. The number of rotatable bonds is 6. The molecule has 1 unspecified atom stereocenters. The van der Waals surface area contributed by atoms with Gasteiger partial charge in [-0.25, -0.2) is 19.9 Å². The summed E-state index contributed by atoms with van der Waals surface area (Å²) in [5.41, 5.74) is 7.87. The highest BCUT2D eigenvalue weighted by atomic mass is 15.0. The van der Waals surface area contributed by atoms with Gasteiger partial charge >= 0.3 is 0 Å². The fourth-order valence-corrected chi connectivity index (χ4v) is 5.76. The number of aliphatic imine (C=N–C) groups is 2. The van der Waals surface area contributed by atoms with Gasteiger partial charge in [-0.15, -0.1) is 0 Å². The van der Waals surface area contributed by atoms with Gasteiger partial charge in [-0.1, -0.05) is 115 Å². The molecule has 2 aromatic heterocycles.